The molecule has 0 fully saturated rings. The van der Waals surface area contributed by atoms with Crippen molar-refractivity contribution in [2.24, 2.45) is 0 Å². The van der Waals surface area contributed by atoms with Crippen molar-refractivity contribution in [3.8, 4) is 17.2 Å². The van der Waals surface area contributed by atoms with E-state index in [-0.39, 0.29) is 16.4 Å². The Labute approximate surface area is 155 Å². The SMILES string of the molecule is COc1cc(/C=C(\Cl)c2nc3ccccc3c(=O)[nH]2)cc(OC)c1OC. The molecular formula is C19H17ClN2O4. The molecule has 0 aliphatic carbocycles. The van der Waals surface area contributed by atoms with Crippen molar-refractivity contribution in [3.63, 3.8) is 0 Å². The summed E-state index contributed by atoms with van der Waals surface area (Å²) in [5, 5.41) is 0.788. The summed E-state index contributed by atoms with van der Waals surface area (Å²) in [7, 11) is 4.61. The summed E-state index contributed by atoms with van der Waals surface area (Å²) < 4.78 is 16.0. The molecule has 0 bridgehead atoms. The van der Waals surface area contributed by atoms with Gasteiger partial charge in [-0.15, -0.1) is 0 Å². The Bertz CT molecular complexity index is 1020. The van der Waals surface area contributed by atoms with E-state index in [9.17, 15) is 4.79 Å². The fourth-order valence-electron chi connectivity index (χ4n) is 2.60. The second-order valence-electron chi connectivity index (χ2n) is 5.38. The molecule has 0 aliphatic rings. The Morgan fingerprint density at radius 1 is 1.08 bits per heavy atom. The molecule has 0 radical (unpaired) electrons. The van der Waals surface area contributed by atoms with Crippen LogP contribution in [0.5, 0.6) is 17.2 Å². The van der Waals surface area contributed by atoms with Crippen LogP contribution in [0.25, 0.3) is 22.0 Å². The van der Waals surface area contributed by atoms with Crippen LogP contribution in [-0.2, 0) is 0 Å². The highest BCUT2D eigenvalue weighted by atomic mass is 35.5. The maximum Gasteiger partial charge on any atom is 0.259 e. The number of para-hydroxylation sites is 1. The first-order valence-corrected chi connectivity index (χ1v) is 8.11. The van der Waals surface area contributed by atoms with Crippen LogP contribution in [0.3, 0.4) is 0 Å². The Morgan fingerprint density at radius 2 is 1.73 bits per heavy atom. The molecule has 0 atom stereocenters. The molecule has 1 aromatic heterocycles. The monoisotopic (exact) mass is 372 g/mol. The van der Waals surface area contributed by atoms with Gasteiger partial charge in [-0.05, 0) is 35.9 Å². The Hall–Kier alpha value is -2.99. The Morgan fingerprint density at radius 3 is 2.35 bits per heavy atom. The summed E-state index contributed by atoms with van der Waals surface area (Å²) in [6.07, 6.45) is 1.67. The van der Waals surface area contributed by atoms with Gasteiger partial charge in [0.1, 0.15) is 0 Å². The lowest BCUT2D eigenvalue weighted by atomic mass is 10.1. The van der Waals surface area contributed by atoms with Crippen molar-refractivity contribution in [2.75, 3.05) is 21.3 Å². The summed E-state index contributed by atoms with van der Waals surface area (Å²) in [5.41, 5.74) is 1.03. The Balaban J connectivity index is 2.09. The van der Waals surface area contributed by atoms with E-state index in [2.05, 4.69) is 9.97 Å². The van der Waals surface area contributed by atoms with E-state index in [4.69, 9.17) is 25.8 Å². The molecule has 3 aromatic rings. The normalized spacial score (nSPS) is 11.5. The van der Waals surface area contributed by atoms with E-state index in [0.29, 0.717) is 33.7 Å². The summed E-state index contributed by atoms with van der Waals surface area (Å²) in [4.78, 5) is 19.3. The molecule has 1 heterocycles. The molecule has 6 nitrogen and oxygen atoms in total. The Kier molecular flexibility index (Phi) is 5.14. The first-order chi connectivity index (χ1) is 12.6. The van der Waals surface area contributed by atoms with Gasteiger partial charge >= 0.3 is 0 Å². The quantitative estimate of drug-likeness (QED) is 0.739. The third kappa shape index (κ3) is 3.36. The summed E-state index contributed by atoms with van der Waals surface area (Å²) in [6.45, 7) is 0. The maximum atomic E-state index is 12.2. The minimum Gasteiger partial charge on any atom is -0.493 e. The maximum absolute atomic E-state index is 12.2. The number of ether oxygens (including phenoxy) is 3. The van der Waals surface area contributed by atoms with Gasteiger partial charge in [0.05, 0.1) is 37.3 Å². The lowest BCUT2D eigenvalue weighted by Gasteiger charge is -2.13. The number of aromatic amines is 1. The van der Waals surface area contributed by atoms with Gasteiger partial charge in [-0.25, -0.2) is 4.98 Å². The number of fused-ring (bicyclic) bond motifs is 1. The van der Waals surface area contributed by atoms with Crippen molar-refractivity contribution in [1.29, 1.82) is 0 Å². The number of H-pyrrole nitrogens is 1. The van der Waals surface area contributed by atoms with Crippen molar-refractivity contribution in [3.05, 3.63) is 58.1 Å². The number of hydrogen-bond donors (Lipinski definition) is 1. The lowest BCUT2D eigenvalue weighted by Crippen LogP contribution is -2.10. The van der Waals surface area contributed by atoms with Crippen LogP contribution >= 0.6 is 11.6 Å². The van der Waals surface area contributed by atoms with E-state index in [1.165, 1.54) is 21.3 Å². The van der Waals surface area contributed by atoms with E-state index < -0.39 is 0 Å². The number of rotatable bonds is 5. The molecule has 0 unspecified atom stereocenters. The average Bonchev–Trinajstić information content (AvgIpc) is 2.67. The first-order valence-electron chi connectivity index (χ1n) is 7.74. The molecule has 2 aromatic carbocycles. The molecule has 3 rings (SSSR count). The predicted octanol–water partition coefficient (Wildman–Crippen LogP) is 3.69. The summed E-state index contributed by atoms with van der Waals surface area (Å²) in [6, 6.07) is 10.6. The lowest BCUT2D eigenvalue weighted by molar-refractivity contribution is 0.324. The van der Waals surface area contributed by atoms with E-state index in [1.807, 2.05) is 6.07 Å². The molecule has 26 heavy (non-hydrogen) atoms. The number of methoxy groups -OCH3 is 3. The zero-order valence-corrected chi connectivity index (χ0v) is 15.3. The number of benzene rings is 2. The third-order valence-electron chi connectivity index (χ3n) is 3.82. The molecular weight excluding hydrogens is 356 g/mol. The molecule has 0 amide bonds. The average molecular weight is 373 g/mol. The number of nitrogens with one attached hydrogen (secondary N) is 1. The van der Waals surface area contributed by atoms with Crippen molar-refractivity contribution >= 4 is 33.6 Å². The highest BCUT2D eigenvalue weighted by Gasteiger charge is 2.13. The highest BCUT2D eigenvalue weighted by Crippen LogP contribution is 2.39. The largest absolute Gasteiger partial charge is 0.493 e. The van der Waals surface area contributed by atoms with E-state index in [0.717, 1.165) is 0 Å². The van der Waals surface area contributed by atoms with Crippen LogP contribution in [0.4, 0.5) is 0 Å². The minimum atomic E-state index is -0.248. The van der Waals surface area contributed by atoms with E-state index >= 15 is 0 Å². The molecule has 1 N–H and O–H groups in total. The molecule has 0 spiro atoms. The number of nitrogens with zero attached hydrogens (tertiary/aromatic N) is 1. The fourth-order valence-corrected chi connectivity index (χ4v) is 2.81. The zero-order valence-electron chi connectivity index (χ0n) is 14.5. The van der Waals surface area contributed by atoms with Crippen LogP contribution in [0.2, 0.25) is 0 Å². The van der Waals surface area contributed by atoms with Gasteiger partial charge < -0.3 is 19.2 Å². The van der Waals surface area contributed by atoms with Crippen LogP contribution < -0.4 is 19.8 Å². The van der Waals surface area contributed by atoms with Gasteiger partial charge in [-0.1, -0.05) is 23.7 Å². The topological polar surface area (TPSA) is 73.4 Å². The van der Waals surface area contributed by atoms with E-state index in [1.54, 1.807) is 36.4 Å². The highest BCUT2D eigenvalue weighted by molar-refractivity contribution is 6.50. The van der Waals surface area contributed by atoms with Crippen LogP contribution in [0.15, 0.2) is 41.2 Å². The van der Waals surface area contributed by atoms with Crippen molar-refractivity contribution < 1.29 is 14.2 Å². The molecule has 134 valence electrons. The molecule has 7 heteroatoms. The number of hydrogen-bond acceptors (Lipinski definition) is 5. The van der Waals surface area contributed by atoms with Crippen molar-refractivity contribution in [2.45, 2.75) is 0 Å². The van der Waals surface area contributed by atoms with Crippen molar-refractivity contribution in [1.82, 2.24) is 9.97 Å². The van der Waals surface area contributed by atoms with Crippen LogP contribution in [0.1, 0.15) is 11.4 Å². The molecule has 0 aliphatic heterocycles. The first kappa shape index (κ1) is 17.8. The second kappa shape index (κ2) is 7.49. The second-order valence-corrected chi connectivity index (χ2v) is 5.79. The molecule has 0 saturated heterocycles. The van der Waals surface area contributed by atoms with Crippen LogP contribution in [-0.4, -0.2) is 31.3 Å². The number of aromatic nitrogens is 2. The molecule has 0 saturated carbocycles. The predicted molar refractivity (Wildman–Crippen MR) is 102 cm³/mol. The van der Waals surface area contributed by atoms with Gasteiger partial charge in [0.25, 0.3) is 5.56 Å². The van der Waals surface area contributed by atoms with Gasteiger partial charge in [-0.2, -0.15) is 0 Å². The van der Waals surface area contributed by atoms with Gasteiger partial charge in [0.2, 0.25) is 5.75 Å². The summed E-state index contributed by atoms with van der Waals surface area (Å²) >= 11 is 6.39. The van der Waals surface area contributed by atoms with Gasteiger partial charge in [-0.3, -0.25) is 4.79 Å². The van der Waals surface area contributed by atoms with Gasteiger partial charge in [0.15, 0.2) is 17.3 Å². The van der Waals surface area contributed by atoms with Crippen LogP contribution in [0, 0.1) is 0 Å². The summed E-state index contributed by atoms with van der Waals surface area (Å²) in [5.74, 6) is 1.77. The third-order valence-corrected chi connectivity index (χ3v) is 4.11. The minimum absolute atomic E-state index is 0.248. The van der Waals surface area contributed by atoms with Gasteiger partial charge in [0, 0.05) is 0 Å². The standard InChI is InChI=1S/C19H17ClN2O4/c1-24-15-9-11(10-16(25-2)17(15)26-3)8-13(20)18-21-14-7-5-4-6-12(14)19(23)22-18/h4-10H,1-3H3,(H,21,22,23)/b13-8-. The number of halogens is 1. The smallest absolute Gasteiger partial charge is 0.259 e. The zero-order chi connectivity index (χ0) is 18.7. The fraction of sp³-hybridized carbons (Fsp3) is 0.158.